The Hall–Kier alpha value is -2.39. The van der Waals surface area contributed by atoms with Gasteiger partial charge < -0.3 is 10.6 Å². The highest BCUT2D eigenvalue weighted by molar-refractivity contribution is 8.01. The molecule has 6 nitrogen and oxygen atoms in total. The van der Waals surface area contributed by atoms with Gasteiger partial charge in [0, 0.05) is 17.0 Å². The molecule has 3 rings (SSSR count). The average Bonchev–Trinajstić information content (AvgIpc) is 2.62. The summed E-state index contributed by atoms with van der Waals surface area (Å²) >= 11 is 1.36. The van der Waals surface area contributed by atoms with Crippen molar-refractivity contribution in [1.29, 1.82) is 0 Å². The number of halogens is 1. The summed E-state index contributed by atoms with van der Waals surface area (Å²) in [5, 5.41) is 3.95. The number of sulfone groups is 1. The van der Waals surface area contributed by atoms with Crippen LogP contribution in [0.5, 0.6) is 0 Å². The molecule has 0 bridgehead atoms. The van der Waals surface area contributed by atoms with E-state index in [1.807, 2.05) is 0 Å². The normalized spacial score (nSPS) is 17.4. The monoisotopic (exact) mass is 422 g/mol. The van der Waals surface area contributed by atoms with Gasteiger partial charge in [-0.2, -0.15) is 0 Å². The summed E-state index contributed by atoms with van der Waals surface area (Å²) in [5.41, 5.74) is 0.711. The number of carbonyl (C=O) groups excluding carboxylic acids is 2. The van der Waals surface area contributed by atoms with E-state index in [2.05, 4.69) is 10.6 Å². The molecule has 9 heteroatoms. The number of fused-ring (bicyclic) bond motifs is 1. The fourth-order valence-corrected chi connectivity index (χ4v) is 5.05. The second-order valence-electron chi connectivity index (χ2n) is 6.53. The number of benzene rings is 2. The van der Waals surface area contributed by atoms with Crippen LogP contribution >= 0.6 is 11.8 Å². The lowest BCUT2D eigenvalue weighted by molar-refractivity contribution is -0.116. The van der Waals surface area contributed by atoms with E-state index in [1.54, 1.807) is 13.0 Å². The van der Waals surface area contributed by atoms with Crippen LogP contribution in [0.1, 0.15) is 20.3 Å². The van der Waals surface area contributed by atoms with Gasteiger partial charge in [0.25, 0.3) is 0 Å². The topological polar surface area (TPSA) is 92.3 Å². The maximum absolute atomic E-state index is 13.2. The number of carbonyl (C=O) groups is 2. The van der Waals surface area contributed by atoms with Gasteiger partial charge in [-0.15, -0.1) is 11.8 Å². The van der Waals surface area contributed by atoms with E-state index in [0.29, 0.717) is 5.69 Å². The SMILES string of the molecule is C[C@@H]1Sc2ccc(S(=O)(=O)[C@H](C)CC(=O)Nc3cccc(F)c3)cc2NC1=O. The van der Waals surface area contributed by atoms with Crippen LogP contribution in [0.4, 0.5) is 15.8 Å². The number of anilines is 2. The Morgan fingerprint density at radius 2 is 2.04 bits per heavy atom. The largest absolute Gasteiger partial charge is 0.326 e. The predicted octanol–water partition coefficient (Wildman–Crippen LogP) is 3.45. The third-order valence-corrected chi connectivity index (χ3v) is 7.64. The van der Waals surface area contributed by atoms with Crippen LogP contribution in [0.3, 0.4) is 0 Å². The Bertz CT molecular complexity index is 1040. The van der Waals surface area contributed by atoms with Gasteiger partial charge in [-0.25, -0.2) is 12.8 Å². The first-order valence-corrected chi connectivity index (χ1v) is 11.0. The van der Waals surface area contributed by atoms with Crippen LogP contribution in [-0.2, 0) is 19.4 Å². The molecule has 0 aliphatic carbocycles. The van der Waals surface area contributed by atoms with E-state index in [0.717, 1.165) is 11.0 Å². The zero-order valence-electron chi connectivity index (χ0n) is 15.2. The highest BCUT2D eigenvalue weighted by Crippen LogP contribution is 2.37. The molecule has 2 N–H and O–H groups in total. The standard InChI is InChI=1S/C19H19FN2O4S2/c1-11(8-18(23)21-14-5-3-4-13(20)9-14)28(25,26)15-6-7-17-16(10-15)22-19(24)12(2)27-17/h3-7,9-12H,8H2,1-2H3,(H,21,23)(H,22,24)/t11-,12+/m1/s1. The molecule has 1 aliphatic heterocycles. The van der Waals surface area contributed by atoms with E-state index in [9.17, 15) is 22.4 Å². The van der Waals surface area contributed by atoms with Crippen molar-refractivity contribution >= 4 is 44.8 Å². The number of rotatable bonds is 5. The minimum absolute atomic E-state index is 0.0350. The Morgan fingerprint density at radius 3 is 2.75 bits per heavy atom. The molecule has 2 amide bonds. The zero-order valence-corrected chi connectivity index (χ0v) is 16.9. The minimum Gasteiger partial charge on any atom is -0.326 e. The third kappa shape index (κ3) is 4.36. The summed E-state index contributed by atoms with van der Waals surface area (Å²) in [7, 11) is -3.79. The third-order valence-electron chi connectivity index (χ3n) is 4.32. The van der Waals surface area contributed by atoms with Crippen LogP contribution in [-0.4, -0.2) is 30.7 Å². The van der Waals surface area contributed by atoms with Crippen LogP contribution in [0.15, 0.2) is 52.3 Å². The molecule has 0 radical (unpaired) electrons. The van der Waals surface area contributed by atoms with Crippen molar-refractivity contribution in [1.82, 2.24) is 0 Å². The molecule has 1 aliphatic rings. The smallest absolute Gasteiger partial charge is 0.237 e. The Kier molecular flexibility index (Phi) is 5.76. The number of hydrogen-bond acceptors (Lipinski definition) is 5. The fraction of sp³-hybridized carbons (Fsp3) is 0.263. The maximum atomic E-state index is 13.2. The number of amides is 2. The van der Waals surface area contributed by atoms with Crippen molar-refractivity contribution in [2.45, 2.75) is 40.6 Å². The van der Waals surface area contributed by atoms with Gasteiger partial charge in [-0.05, 0) is 50.2 Å². The van der Waals surface area contributed by atoms with Crippen molar-refractivity contribution in [3.8, 4) is 0 Å². The molecule has 0 saturated carbocycles. The number of nitrogens with one attached hydrogen (secondary N) is 2. The molecule has 0 spiro atoms. The van der Waals surface area contributed by atoms with Gasteiger partial charge in [-0.1, -0.05) is 6.07 Å². The molecule has 0 unspecified atom stereocenters. The number of hydrogen-bond donors (Lipinski definition) is 2. The minimum atomic E-state index is -3.79. The van der Waals surface area contributed by atoms with E-state index >= 15 is 0 Å². The molecular weight excluding hydrogens is 403 g/mol. The van der Waals surface area contributed by atoms with Crippen LogP contribution in [0.2, 0.25) is 0 Å². The number of thioether (sulfide) groups is 1. The van der Waals surface area contributed by atoms with Crippen molar-refractivity contribution < 1.29 is 22.4 Å². The molecule has 148 valence electrons. The highest BCUT2D eigenvalue weighted by atomic mass is 32.2. The van der Waals surface area contributed by atoms with Crippen molar-refractivity contribution in [3.05, 3.63) is 48.3 Å². The summed E-state index contributed by atoms with van der Waals surface area (Å²) in [6.07, 6.45) is -0.284. The molecular formula is C19H19FN2O4S2. The quantitative estimate of drug-likeness (QED) is 0.770. The van der Waals surface area contributed by atoms with Crippen molar-refractivity contribution in [3.63, 3.8) is 0 Å². The molecule has 0 fully saturated rings. The molecule has 2 aromatic rings. The summed E-state index contributed by atoms with van der Waals surface area (Å²) < 4.78 is 38.9. The lowest BCUT2D eigenvalue weighted by Crippen LogP contribution is -2.27. The zero-order chi connectivity index (χ0) is 20.5. The van der Waals surface area contributed by atoms with Gasteiger partial charge >= 0.3 is 0 Å². The van der Waals surface area contributed by atoms with Crippen LogP contribution in [0.25, 0.3) is 0 Å². The van der Waals surface area contributed by atoms with Gasteiger partial charge in [0.2, 0.25) is 11.8 Å². The average molecular weight is 423 g/mol. The van der Waals surface area contributed by atoms with Gasteiger partial charge in [0.15, 0.2) is 9.84 Å². The second-order valence-corrected chi connectivity index (χ2v) is 10.3. The van der Waals surface area contributed by atoms with Crippen LogP contribution in [0, 0.1) is 5.82 Å². The predicted molar refractivity (Wildman–Crippen MR) is 107 cm³/mol. The Labute approximate surface area is 166 Å². The first-order chi connectivity index (χ1) is 13.2. The summed E-state index contributed by atoms with van der Waals surface area (Å²) in [6, 6.07) is 9.92. The lowest BCUT2D eigenvalue weighted by atomic mass is 10.2. The Morgan fingerprint density at radius 1 is 1.29 bits per heavy atom. The molecule has 0 saturated heterocycles. The van der Waals surface area contributed by atoms with Crippen molar-refractivity contribution in [2.75, 3.05) is 10.6 Å². The molecule has 0 aromatic heterocycles. The molecule has 2 aromatic carbocycles. The van der Waals surface area contributed by atoms with Gasteiger partial charge in [0.1, 0.15) is 5.82 Å². The van der Waals surface area contributed by atoms with E-state index in [1.165, 1.54) is 49.0 Å². The Balaban J connectivity index is 1.74. The first-order valence-electron chi connectivity index (χ1n) is 8.57. The summed E-state index contributed by atoms with van der Waals surface area (Å²) in [6.45, 7) is 3.21. The van der Waals surface area contributed by atoms with Crippen LogP contribution < -0.4 is 10.6 Å². The first kappa shape index (κ1) is 20.3. The fourth-order valence-electron chi connectivity index (χ4n) is 2.75. The molecule has 2 atom stereocenters. The molecule has 28 heavy (non-hydrogen) atoms. The van der Waals surface area contributed by atoms with E-state index in [4.69, 9.17) is 0 Å². The maximum Gasteiger partial charge on any atom is 0.237 e. The highest BCUT2D eigenvalue weighted by Gasteiger charge is 2.29. The lowest BCUT2D eigenvalue weighted by Gasteiger charge is -2.22. The van der Waals surface area contributed by atoms with Gasteiger partial charge in [0.05, 0.1) is 21.1 Å². The van der Waals surface area contributed by atoms with Crippen molar-refractivity contribution in [2.24, 2.45) is 0 Å². The molecule has 1 heterocycles. The van der Waals surface area contributed by atoms with Gasteiger partial charge in [-0.3, -0.25) is 9.59 Å². The summed E-state index contributed by atoms with van der Waals surface area (Å²) in [5.74, 6) is -1.21. The summed E-state index contributed by atoms with van der Waals surface area (Å²) in [4.78, 5) is 24.8. The van der Waals surface area contributed by atoms with E-state index < -0.39 is 26.8 Å². The second kappa shape index (κ2) is 7.92. The van der Waals surface area contributed by atoms with E-state index in [-0.39, 0.29) is 28.2 Å².